The van der Waals surface area contributed by atoms with Gasteiger partial charge in [0.25, 0.3) is 0 Å². The number of hydrogen-bond acceptors (Lipinski definition) is 7. The van der Waals surface area contributed by atoms with Crippen LogP contribution >= 0.6 is 6.72 Å². The van der Waals surface area contributed by atoms with Crippen LogP contribution in [0.4, 0.5) is 4.79 Å². The van der Waals surface area contributed by atoms with Crippen molar-refractivity contribution in [3.05, 3.63) is 29.8 Å². The molecule has 27 heavy (non-hydrogen) atoms. The normalized spacial score (nSPS) is 11.5. The number of unbranched alkanes of at least 4 members (excludes halogenated alkanes) is 3. The van der Waals surface area contributed by atoms with Gasteiger partial charge in [-0.15, -0.1) is 0 Å². The minimum absolute atomic E-state index is 0.417. The molecule has 0 heterocycles. The van der Waals surface area contributed by atoms with Crippen LogP contribution in [0.2, 0.25) is 0 Å². The first-order valence-corrected chi connectivity index (χ1v) is 11.8. The lowest BCUT2D eigenvalue weighted by atomic mass is 10.2. The highest BCUT2D eigenvalue weighted by molar-refractivity contribution is 8.07. The van der Waals surface area contributed by atoms with Gasteiger partial charge in [0.15, 0.2) is 0 Å². The average molecular weight is 416 g/mol. The molecular weight excluding hydrogens is 387 g/mol. The van der Waals surface area contributed by atoms with Crippen LogP contribution in [-0.2, 0) is 25.7 Å². The number of nitrogens with zero attached hydrogens (tertiary/aromatic N) is 1. The molecule has 0 fully saturated rings. The maximum Gasteiger partial charge on any atom is 0.433 e. The van der Waals surface area contributed by atoms with Crippen LogP contribution in [0.15, 0.2) is 29.4 Å². The van der Waals surface area contributed by atoms with Crippen molar-refractivity contribution < 1.29 is 23.2 Å². The van der Waals surface area contributed by atoms with E-state index < -0.39 is 12.8 Å². The molecule has 0 saturated heterocycles. The van der Waals surface area contributed by atoms with Crippen LogP contribution in [0.3, 0.4) is 0 Å². The monoisotopic (exact) mass is 416 g/mol. The first kappa shape index (κ1) is 23.6. The maximum atomic E-state index is 11.5. The summed E-state index contributed by atoms with van der Waals surface area (Å²) in [4.78, 5) is 16.3. The molecule has 1 N–H and O–H groups in total. The van der Waals surface area contributed by atoms with Crippen molar-refractivity contribution in [3.63, 3.8) is 0 Å². The van der Waals surface area contributed by atoms with Gasteiger partial charge in [0.2, 0.25) is 0 Å². The zero-order valence-electron chi connectivity index (χ0n) is 16.2. The van der Waals surface area contributed by atoms with Gasteiger partial charge in [-0.05, 0) is 50.1 Å². The summed E-state index contributed by atoms with van der Waals surface area (Å²) in [7, 11) is 0. The first-order valence-electron chi connectivity index (χ1n) is 9.20. The molecule has 152 valence electrons. The van der Waals surface area contributed by atoms with Crippen molar-refractivity contribution in [1.82, 2.24) is 5.32 Å². The third-order valence-corrected chi connectivity index (χ3v) is 5.75. The van der Waals surface area contributed by atoms with Gasteiger partial charge in [-0.3, -0.25) is 13.9 Å². The first-order chi connectivity index (χ1) is 13.0. The van der Waals surface area contributed by atoms with E-state index in [1.165, 1.54) is 6.21 Å². The van der Waals surface area contributed by atoms with E-state index in [9.17, 15) is 4.79 Å². The molecule has 0 bridgehead atoms. The highest BCUT2D eigenvalue weighted by Crippen LogP contribution is 2.49. The maximum absolute atomic E-state index is 11.5. The molecule has 0 aliphatic carbocycles. The number of carbonyl (C=O) groups is 1. The second-order valence-corrected chi connectivity index (χ2v) is 8.48. The zero-order valence-corrected chi connectivity index (χ0v) is 17.9. The summed E-state index contributed by atoms with van der Waals surface area (Å²) in [6.45, 7) is 4.45. The highest BCUT2D eigenvalue weighted by Gasteiger charge is 2.20. The Morgan fingerprint density at radius 2 is 1.78 bits per heavy atom. The van der Waals surface area contributed by atoms with E-state index in [0.717, 1.165) is 31.2 Å². The summed E-state index contributed by atoms with van der Waals surface area (Å²) >= 11 is 5.33. The van der Waals surface area contributed by atoms with E-state index in [2.05, 4.69) is 17.4 Å². The Morgan fingerprint density at radius 3 is 2.37 bits per heavy atom. The number of carbonyl (C=O) groups excluding carboxylic acids is 1. The summed E-state index contributed by atoms with van der Waals surface area (Å²) < 4.78 is 16.6. The summed E-state index contributed by atoms with van der Waals surface area (Å²) in [6.07, 6.45) is 5.24. The van der Waals surface area contributed by atoms with Crippen LogP contribution in [0, 0.1) is 0 Å². The third kappa shape index (κ3) is 10.4. The van der Waals surface area contributed by atoms with Crippen molar-refractivity contribution in [2.24, 2.45) is 5.16 Å². The topological polar surface area (TPSA) is 78.4 Å². The molecule has 1 amide bonds. The Balaban J connectivity index is 2.44. The molecule has 7 nitrogen and oxygen atoms in total. The minimum atomic E-state index is -2.79. The standard InChI is InChI=1S/C18H29N2O5PS/c1-4-7-8-9-14-19-18(21)24-20-15-16-10-12-17(13-11-16)25-26(27,22-5-2)23-6-3/h10-13,15H,4-9,14H2,1-3H3,(H,19,21). The quantitative estimate of drug-likeness (QED) is 0.160. The highest BCUT2D eigenvalue weighted by atomic mass is 32.5. The molecule has 0 spiro atoms. The zero-order chi connectivity index (χ0) is 20.0. The third-order valence-electron chi connectivity index (χ3n) is 3.31. The van der Waals surface area contributed by atoms with Gasteiger partial charge < -0.3 is 9.84 Å². The molecule has 0 saturated carbocycles. The van der Waals surface area contributed by atoms with Gasteiger partial charge in [-0.25, -0.2) is 4.79 Å². The Kier molecular flexibility index (Phi) is 11.9. The molecule has 9 heteroatoms. The fourth-order valence-corrected chi connectivity index (χ4v) is 4.14. The molecule has 1 aromatic carbocycles. The lowest BCUT2D eigenvalue weighted by Gasteiger charge is -2.20. The minimum Gasteiger partial charge on any atom is -0.424 e. The Labute approximate surface area is 166 Å². The smallest absolute Gasteiger partial charge is 0.424 e. The lowest BCUT2D eigenvalue weighted by molar-refractivity contribution is 0.151. The van der Waals surface area contributed by atoms with E-state index in [-0.39, 0.29) is 0 Å². The molecule has 0 unspecified atom stereocenters. The van der Waals surface area contributed by atoms with E-state index in [1.807, 2.05) is 13.8 Å². The van der Waals surface area contributed by atoms with Crippen molar-refractivity contribution in [2.45, 2.75) is 46.5 Å². The predicted octanol–water partition coefficient (Wildman–Crippen LogP) is 5.00. The Morgan fingerprint density at radius 1 is 1.11 bits per heavy atom. The molecule has 0 atom stereocenters. The Bertz CT molecular complexity index is 615. The number of oxime groups is 1. The van der Waals surface area contributed by atoms with E-state index >= 15 is 0 Å². The number of hydrogen-bond donors (Lipinski definition) is 1. The van der Waals surface area contributed by atoms with E-state index in [0.29, 0.717) is 25.5 Å². The number of nitrogens with one attached hydrogen (secondary N) is 1. The van der Waals surface area contributed by atoms with Gasteiger partial charge in [-0.1, -0.05) is 31.3 Å². The second-order valence-electron chi connectivity index (χ2n) is 5.54. The van der Waals surface area contributed by atoms with Gasteiger partial charge in [0, 0.05) is 18.4 Å². The summed E-state index contributed by atoms with van der Waals surface area (Å²) in [5, 5.41) is 6.33. The van der Waals surface area contributed by atoms with Gasteiger partial charge in [-0.2, -0.15) is 0 Å². The molecule has 1 rings (SSSR count). The molecule has 0 radical (unpaired) electrons. The summed E-state index contributed by atoms with van der Waals surface area (Å²) in [6, 6.07) is 6.99. The van der Waals surface area contributed by atoms with Crippen LogP contribution in [-0.4, -0.2) is 32.1 Å². The number of amides is 1. The fraction of sp³-hybridized carbons (Fsp3) is 0.556. The van der Waals surface area contributed by atoms with Crippen molar-refractivity contribution in [1.29, 1.82) is 0 Å². The molecule has 0 aliphatic heterocycles. The van der Waals surface area contributed by atoms with Gasteiger partial charge in [0.05, 0.1) is 19.4 Å². The second kappa shape index (κ2) is 13.7. The lowest BCUT2D eigenvalue weighted by Crippen LogP contribution is -2.23. The number of benzene rings is 1. The molecule has 0 aliphatic rings. The van der Waals surface area contributed by atoms with Crippen LogP contribution in [0.5, 0.6) is 5.75 Å². The van der Waals surface area contributed by atoms with E-state index in [1.54, 1.807) is 24.3 Å². The van der Waals surface area contributed by atoms with Crippen molar-refractivity contribution >= 4 is 30.8 Å². The van der Waals surface area contributed by atoms with Crippen LogP contribution in [0.25, 0.3) is 0 Å². The molecular formula is C18H29N2O5PS. The Hall–Kier alpha value is -1.47. The largest absolute Gasteiger partial charge is 0.433 e. The summed E-state index contributed by atoms with van der Waals surface area (Å²) in [5.74, 6) is 0.545. The van der Waals surface area contributed by atoms with Gasteiger partial charge in [0.1, 0.15) is 5.75 Å². The van der Waals surface area contributed by atoms with Crippen LogP contribution < -0.4 is 9.84 Å². The van der Waals surface area contributed by atoms with Crippen LogP contribution in [0.1, 0.15) is 52.0 Å². The van der Waals surface area contributed by atoms with Crippen molar-refractivity contribution in [2.75, 3.05) is 19.8 Å². The summed E-state index contributed by atoms with van der Waals surface area (Å²) in [5.41, 5.74) is 0.749. The molecule has 0 aromatic heterocycles. The van der Waals surface area contributed by atoms with Gasteiger partial charge >= 0.3 is 12.8 Å². The predicted molar refractivity (Wildman–Crippen MR) is 111 cm³/mol. The van der Waals surface area contributed by atoms with Crippen molar-refractivity contribution in [3.8, 4) is 5.75 Å². The number of rotatable bonds is 13. The molecule has 1 aromatic rings. The fourth-order valence-electron chi connectivity index (χ4n) is 2.06. The van der Waals surface area contributed by atoms with E-state index in [4.69, 9.17) is 30.2 Å². The SMILES string of the molecule is CCCCCCNC(=O)ON=Cc1ccc(OP(=S)(OCC)OCC)cc1. The average Bonchev–Trinajstić information content (AvgIpc) is 2.63.